The van der Waals surface area contributed by atoms with Crippen LogP contribution in [0.2, 0.25) is 0 Å². The minimum Gasteiger partial charge on any atom is -0.341 e. The highest BCUT2D eigenvalue weighted by molar-refractivity contribution is 9.10. The number of H-pyrrole nitrogens is 1. The third-order valence-electron chi connectivity index (χ3n) is 5.34. The number of likely N-dealkylation sites (tertiary alicyclic amines) is 1. The van der Waals surface area contributed by atoms with Crippen molar-refractivity contribution in [2.75, 3.05) is 26.2 Å². The fourth-order valence-corrected chi connectivity index (χ4v) is 4.22. The van der Waals surface area contributed by atoms with Gasteiger partial charge in [0, 0.05) is 11.0 Å². The summed E-state index contributed by atoms with van der Waals surface area (Å²) in [6, 6.07) is 8.36. The number of imidazole rings is 1. The molecule has 130 valence electrons. The van der Waals surface area contributed by atoms with E-state index in [9.17, 15) is 0 Å². The minimum atomic E-state index is 0. The summed E-state index contributed by atoms with van der Waals surface area (Å²) in [4.78, 5) is 10.6. The molecule has 0 unspecified atom stereocenters. The van der Waals surface area contributed by atoms with E-state index in [-0.39, 0.29) is 12.4 Å². The van der Waals surface area contributed by atoms with Crippen LogP contribution >= 0.6 is 28.3 Å². The molecular weight excluding hydrogens is 388 g/mol. The molecule has 2 saturated heterocycles. The van der Waals surface area contributed by atoms with Gasteiger partial charge in [-0.1, -0.05) is 28.1 Å². The smallest absolute Gasteiger partial charge is 0.120 e. The Bertz CT molecular complexity index is 664. The minimum absolute atomic E-state index is 0. The molecule has 3 heterocycles. The molecule has 24 heavy (non-hydrogen) atoms. The first-order valence-electron chi connectivity index (χ1n) is 8.45. The van der Waals surface area contributed by atoms with Crippen LogP contribution in [0.4, 0.5) is 0 Å². The first kappa shape index (κ1) is 17.9. The predicted molar refractivity (Wildman–Crippen MR) is 103 cm³/mol. The number of nitrogens with one attached hydrogen (secondary N) is 2. The molecule has 2 fully saturated rings. The van der Waals surface area contributed by atoms with Gasteiger partial charge in [0.2, 0.25) is 0 Å². The second-order valence-electron chi connectivity index (χ2n) is 6.96. The Labute approximate surface area is 158 Å². The average Bonchev–Trinajstić information content (AvgIpc) is 3.17. The normalized spacial score (nSPS) is 20.2. The molecule has 1 spiro atoms. The molecule has 2 aliphatic rings. The zero-order chi connectivity index (χ0) is 15.7. The van der Waals surface area contributed by atoms with Crippen molar-refractivity contribution >= 4 is 28.3 Å². The second kappa shape index (κ2) is 7.56. The van der Waals surface area contributed by atoms with Crippen molar-refractivity contribution in [1.29, 1.82) is 0 Å². The molecule has 2 aliphatic heterocycles. The lowest BCUT2D eigenvalue weighted by atomic mass is 9.78. The van der Waals surface area contributed by atoms with Gasteiger partial charge >= 0.3 is 0 Å². The predicted octanol–water partition coefficient (Wildman–Crippen LogP) is 3.84. The average molecular weight is 412 g/mol. The highest BCUT2D eigenvalue weighted by atomic mass is 79.9. The fourth-order valence-electron chi connectivity index (χ4n) is 3.96. The van der Waals surface area contributed by atoms with Gasteiger partial charge in [-0.2, -0.15) is 0 Å². The molecule has 0 radical (unpaired) electrons. The highest BCUT2D eigenvalue weighted by Crippen LogP contribution is 2.38. The maximum atomic E-state index is 4.59. The maximum Gasteiger partial charge on any atom is 0.120 e. The molecular formula is C18H24BrClN4. The lowest BCUT2D eigenvalue weighted by Crippen LogP contribution is -2.38. The Morgan fingerprint density at radius 1 is 1.12 bits per heavy atom. The van der Waals surface area contributed by atoms with Gasteiger partial charge in [0.1, 0.15) is 5.82 Å². The standard InChI is InChI=1S/C18H23BrN4.ClH/c19-15-3-1-14(2-4-15)16-11-21-17(22-16)12-23-10-7-18(13-23)5-8-20-9-6-18;/h1-4,11,20H,5-10,12-13H2,(H,21,22);1H. The van der Waals surface area contributed by atoms with Crippen LogP contribution in [0.3, 0.4) is 0 Å². The Kier molecular flexibility index (Phi) is 5.65. The van der Waals surface area contributed by atoms with Crippen LogP contribution in [-0.4, -0.2) is 41.0 Å². The summed E-state index contributed by atoms with van der Waals surface area (Å²) in [6.45, 7) is 5.73. The fraction of sp³-hybridized carbons (Fsp3) is 0.500. The Balaban J connectivity index is 0.00000169. The molecule has 1 aromatic carbocycles. The topological polar surface area (TPSA) is 44.0 Å². The van der Waals surface area contributed by atoms with Gasteiger partial charge in [-0.15, -0.1) is 12.4 Å². The SMILES string of the molecule is Brc1ccc(-c2cnc(CN3CCC4(CCNCC4)C3)[nH]2)cc1.Cl. The molecule has 0 bridgehead atoms. The van der Waals surface area contributed by atoms with Crippen LogP contribution in [0.1, 0.15) is 25.1 Å². The molecule has 0 aliphatic carbocycles. The van der Waals surface area contributed by atoms with Gasteiger partial charge in [0.15, 0.2) is 0 Å². The number of nitrogens with zero attached hydrogens (tertiary/aromatic N) is 2. The van der Waals surface area contributed by atoms with Gasteiger partial charge in [-0.25, -0.2) is 4.98 Å². The van der Waals surface area contributed by atoms with E-state index in [4.69, 9.17) is 0 Å². The van der Waals surface area contributed by atoms with E-state index >= 15 is 0 Å². The van der Waals surface area contributed by atoms with Crippen LogP contribution in [0.15, 0.2) is 34.9 Å². The lowest BCUT2D eigenvalue weighted by Gasteiger charge is -2.33. The van der Waals surface area contributed by atoms with Gasteiger partial charge in [0.25, 0.3) is 0 Å². The van der Waals surface area contributed by atoms with Crippen LogP contribution in [0.5, 0.6) is 0 Å². The molecule has 6 heteroatoms. The van der Waals surface area contributed by atoms with Crippen molar-refractivity contribution in [1.82, 2.24) is 20.2 Å². The number of aromatic nitrogens is 2. The molecule has 0 saturated carbocycles. The molecule has 4 rings (SSSR count). The quantitative estimate of drug-likeness (QED) is 0.806. The molecule has 0 amide bonds. The summed E-state index contributed by atoms with van der Waals surface area (Å²) in [7, 11) is 0. The van der Waals surface area contributed by atoms with Crippen LogP contribution in [0.25, 0.3) is 11.3 Å². The van der Waals surface area contributed by atoms with E-state index in [1.807, 2.05) is 6.20 Å². The van der Waals surface area contributed by atoms with Gasteiger partial charge < -0.3 is 10.3 Å². The molecule has 2 N–H and O–H groups in total. The molecule has 1 aromatic heterocycles. The third-order valence-corrected chi connectivity index (χ3v) is 5.87. The Morgan fingerprint density at radius 2 is 1.88 bits per heavy atom. The number of aromatic amines is 1. The van der Waals surface area contributed by atoms with Crippen molar-refractivity contribution in [2.24, 2.45) is 5.41 Å². The number of piperidine rings is 1. The number of hydrogen-bond acceptors (Lipinski definition) is 3. The second-order valence-corrected chi connectivity index (χ2v) is 7.88. The third kappa shape index (κ3) is 3.85. The van der Waals surface area contributed by atoms with Crippen LogP contribution < -0.4 is 5.32 Å². The first-order valence-corrected chi connectivity index (χ1v) is 9.25. The van der Waals surface area contributed by atoms with Crippen molar-refractivity contribution in [2.45, 2.75) is 25.8 Å². The zero-order valence-corrected chi connectivity index (χ0v) is 16.1. The summed E-state index contributed by atoms with van der Waals surface area (Å²) in [5.74, 6) is 1.08. The van der Waals surface area contributed by atoms with Crippen LogP contribution in [0, 0.1) is 5.41 Å². The number of halogens is 2. The molecule has 4 nitrogen and oxygen atoms in total. The van der Waals surface area contributed by atoms with Crippen molar-refractivity contribution < 1.29 is 0 Å². The monoisotopic (exact) mass is 410 g/mol. The summed E-state index contributed by atoms with van der Waals surface area (Å²) in [5, 5.41) is 3.49. The molecule has 0 atom stereocenters. The maximum absolute atomic E-state index is 4.59. The summed E-state index contributed by atoms with van der Waals surface area (Å²) in [6.07, 6.45) is 5.95. The van der Waals surface area contributed by atoms with Crippen molar-refractivity contribution in [3.63, 3.8) is 0 Å². The first-order chi connectivity index (χ1) is 11.2. The lowest BCUT2D eigenvalue weighted by molar-refractivity contribution is 0.192. The van der Waals surface area contributed by atoms with Gasteiger partial charge in [0.05, 0.1) is 18.4 Å². The van der Waals surface area contributed by atoms with E-state index in [1.165, 1.54) is 51.0 Å². The van der Waals surface area contributed by atoms with Gasteiger partial charge in [-0.05, 0) is 62.0 Å². The van der Waals surface area contributed by atoms with E-state index < -0.39 is 0 Å². The van der Waals surface area contributed by atoms with Crippen LogP contribution in [-0.2, 0) is 6.54 Å². The van der Waals surface area contributed by atoms with Gasteiger partial charge in [-0.3, -0.25) is 4.90 Å². The van der Waals surface area contributed by atoms with E-state index in [2.05, 4.69) is 60.4 Å². The number of rotatable bonds is 3. The van der Waals surface area contributed by atoms with E-state index in [1.54, 1.807) is 0 Å². The van der Waals surface area contributed by atoms with Crippen molar-refractivity contribution in [3.05, 3.63) is 40.8 Å². The zero-order valence-electron chi connectivity index (χ0n) is 13.7. The highest BCUT2D eigenvalue weighted by Gasteiger charge is 2.38. The summed E-state index contributed by atoms with van der Waals surface area (Å²) in [5.41, 5.74) is 2.85. The van der Waals surface area contributed by atoms with E-state index in [0.29, 0.717) is 5.41 Å². The summed E-state index contributed by atoms with van der Waals surface area (Å²) >= 11 is 3.48. The number of hydrogen-bond donors (Lipinski definition) is 2. The Morgan fingerprint density at radius 3 is 2.62 bits per heavy atom. The Hall–Kier alpha value is -0.880. The summed E-state index contributed by atoms with van der Waals surface area (Å²) < 4.78 is 1.10. The number of benzene rings is 1. The van der Waals surface area contributed by atoms with Crippen molar-refractivity contribution in [3.8, 4) is 11.3 Å². The largest absolute Gasteiger partial charge is 0.341 e. The van der Waals surface area contributed by atoms with E-state index in [0.717, 1.165) is 22.5 Å². The molecule has 2 aromatic rings.